The minimum Gasteiger partial charge on any atom is -0.497 e. The first kappa shape index (κ1) is 26.2. The number of aromatic nitrogens is 2. The highest BCUT2D eigenvalue weighted by atomic mass is 32.2. The summed E-state index contributed by atoms with van der Waals surface area (Å²) in [6.07, 6.45) is 1.46. The summed E-state index contributed by atoms with van der Waals surface area (Å²) in [6.45, 7) is 1.75. The third-order valence-corrected chi connectivity index (χ3v) is 8.11. The van der Waals surface area contributed by atoms with Gasteiger partial charge in [-0.15, -0.1) is 0 Å². The van der Waals surface area contributed by atoms with Gasteiger partial charge in [-0.2, -0.15) is 8.97 Å². The molecule has 2 heterocycles. The molecule has 0 aliphatic carbocycles. The first-order chi connectivity index (χ1) is 17.4. The van der Waals surface area contributed by atoms with Crippen LogP contribution in [0.5, 0.6) is 5.75 Å². The Morgan fingerprint density at radius 3 is 2.35 bits per heavy atom. The van der Waals surface area contributed by atoms with Crippen LogP contribution in [0.25, 0.3) is 11.3 Å². The van der Waals surface area contributed by atoms with E-state index in [2.05, 4.69) is 17.9 Å². The number of anilines is 1. The molecule has 0 saturated carbocycles. The number of pyridine rings is 1. The van der Waals surface area contributed by atoms with Gasteiger partial charge in [0.05, 0.1) is 17.6 Å². The summed E-state index contributed by atoms with van der Waals surface area (Å²) in [6, 6.07) is 14.9. The third-order valence-electron chi connectivity index (χ3n) is 5.89. The molecule has 2 amide bonds. The number of hydrogen-bond acceptors (Lipinski definition) is 6. The number of nitrogens with zero attached hydrogens (tertiary/aromatic N) is 3. The van der Waals surface area contributed by atoms with E-state index in [9.17, 15) is 18.0 Å². The zero-order chi connectivity index (χ0) is 27.1. The van der Waals surface area contributed by atoms with Crippen molar-refractivity contribution in [2.75, 3.05) is 26.5 Å². The van der Waals surface area contributed by atoms with E-state index in [0.29, 0.717) is 33.4 Å². The monoisotopic (exact) mass is 540 g/mol. The maximum atomic E-state index is 13.6. The number of sulfonamides is 1. The zero-order valence-electron chi connectivity index (χ0n) is 20.6. The Morgan fingerprint density at radius 2 is 1.76 bits per heavy atom. The van der Waals surface area contributed by atoms with Crippen molar-refractivity contribution in [1.82, 2.24) is 8.87 Å². The Bertz CT molecular complexity index is 1640. The Kier molecular flexibility index (Phi) is 7.00. The number of rotatable bonds is 7. The molecular formula is C25H26N5O5S2+. The van der Waals surface area contributed by atoms with Crippen LogP contribution in [0.4, 0.5) is 5.69 Å². The summed E-state index contributed by atoms with van der Waals surface area (Å²) in [7, 11) is 0.712. The Balaban J connectivity index is 1.87. The molecule has 2 aromatic heterocycles. The van der Waals surface area contributed by atoms with Gasteiger partial charge in [-0.05, 0) is 55.0 Å². The number of benzene rings is 2. The molecule has 0 unspecified atom stereocenters. The molecule has 2 aromatic carbocycles. The number of carbonyl (C=O) groups is 2. The minimum atomic E-state index is -3.72. The van der Waals surface area contributed by atoms with Gasteiger partial charge in [0.15, 0.2) is 0 Å². The SMILES string of the molecule is COc1ccc(-n2c(S)c(C(=O)Nc3cc(S(=O)(=O)N(C)C)ccc3C)[n+]3cc(C(N)=O)ccc23)cc1. The second-order valence-electron chi connectivity index (χ2n) is 8.43. The van der Waals surface area contributed by atoms with Crippen molar-refractivity contribution in [3.05, 3.63) is 77.6 Å². The van der Waals surface area contributed by atoms with Gasteiger partial charge in [0.2, 0.25) is 15.0 Å². The highest BCUT2D eigenvalue weighted by Gasteiger charge is 2.31. The van der Waals surface area contributed by atoms with Crippen LogP contribution in [0.3, 0.4) is 0 Å². The number of methoxy groups -OCH3 is 1. The van der Waals surface area contributed by atoms with Crippen molar-refractivity contribution in [3.63, 3.8) is 0 Å². The Morgan fingerprint density at radius 1 is 1.08 bits per heavy atom. The molecule has 12 heteroatoms. The largest absolute Gasteiger partial charge is 0.497 e. The number of nitrogens with one attached hydrogen (secondary N) is 1. The van der Waals surface area contributed by atoms with E-state index in [1.54, 1.807) is 48.9 Å². The highest BCUT2D eigenvalue weighted by molar-refractivity contribution is 7.89. The maximum Gasteiger partial charge on any atom is 0.301 e. The standard InChI is InChI=1S/C25H25N5O5S2/c1-15-5-11-19(37(33,34)28(2)3)13-20(15)27-24(32)22-25(36)30(17-7-9-18(35-4)10-8-17)21-12-6-16(23(26)31)14-29(21)22/h5-14H,1-4H3,(H3-,26,27,31,32,36)/p+1. The van der Waals surface area contributed by atoms with Gasteiger partial charge in [-0.25, -0.2) is 12.7 Å². The number of nitrogens with two attached hydrogens (primary N) is 1. The average molecular weight is 541 g/mol. The lowest BCUT2D eigenvalue weighted by atomic mass is 10.2. The molecule has 37 heavy (non-hydrogen) atoms. The second kappa shape index (κ2) is 9.88. The van der Waals surface area contributed by atoms with E-state index in [1.165, 1.54) is 36.8 Å². The van der Waals surface area contributed by atoms with Crippen LogP contribution < -0.4 is 20.2 Å². The lowest BCUT2D eigenvalue weighted by Crippen LogP contribution is -2.32. The van der Waals surface area contributed by atoms with Gasteiger partial charge in [0, 0.05) is 25.8 Å². The van der Waals surface area contributed by atoms with E-state index in [-0.39, 0.29) is 16.2 Å². The number of primary amides is 1. The molecule has 10 nitrogen and oxygen atoms in total. The van der Waals surface area contributed by atoms with Crippen LogP contribution >= 0.6 is 12.6 Å². The zero-order valence-corrected chi connectivity index (χ0v) is 22.3. The minimum absolute atomic E-state index is 0.0359. The molecule has 0 fully saturated rings. The van der Waals surface area contributed by atoms with Crippen molar-refractivity contribution < 1.29 is 27.1 Å². The molecular weight excluding hydrogens is 514 g/mol. The van der Waals surface area contributed by atoms with E-state index < -0.39 is 21.8 Å². The summed E-state index contributed by atoms with van der Waals surface area (Å²) in [4.78, 5) is 25.6. The van der Waals surface area contributed by atoms with Crippen LogP contribution in [0, 0.1) is 6.92 Å². The molecule has 0 bridgehead atoms. The fourth-order valence-electron chi connectivity index (χ4n) is 3.81. The van der Waals surface area contributed by atoms with Gasteiger partial charge in [0.25, 0.3) is 17.2 Å². The van der Waals surface area contributed by atoms with Gasteiger partial charge in [0.1, 0.15) is 17.6 Å². The van der Waals surface area contributed by atoms with Gasteiger partial charge in [-0.3, -0.25) is 9.59 Å². The van der Waals surface area contributed by atoms with E-state index >= 15 is 0 Å². The van der Waals surface area contributed by atoms with E-state index in [0.717, 1.165) is 4.31 Å². The Hall–Kier alpha value is -3.87. The summed E-state index contributed by atoms with van der Waals surface area (Å²) >= 11 is 4.67. The lowest BCUT2D eigenvalue weighted by molar-refractivity contribution is -0.514. The van der Waals surface area contributed by atoms with Crippen LogP contribution in [0.2, 0.25) is 0 Å². The van der Waals surface area contributed by atoms with Crippen LogP contribution in [0.15, 0.2) is 70.7 Å². The second-order valence-corrected chi connectivity index (χ2v) is 11.0. The maximum absolute atomic E-state index is 13.6. The molecule has 0 spiro atoms. The fraction of sp³-hybridized carbons (Fsp3) is 0.160. The van der Waals surface area contributed by atoms with Crippen molar-refractivity contribution in [3.8, 4) is 11.4 Å². The molecule has 0 aliphatic rings. The van der Waals surface area contributed by atoms with Crippen LogP contribution in [-0.2, 0) is 10.0 Å². The quantitative estimate of drug-likeness (QED) is 0.245. The van der Waals surface area contributed by atoms with Crippen molar-refractivity contribution in [1.29, 1.82) is 0 Å². The van der Waals surface area contributed by atoms with E-state index in [1.807, 2.05) is 12.1 Å². The van der Waals surface area contributed by atoms with Crippen LogP contribution in [-0.4, -0.2) is 50.3 Å². The number of thiol groups is 1. The molecule has 192 valence electrons. The van der Waals surface area contributed by atoms with Gasteiger partial charge < -0.3 is 15.8 Å². The lowest BCUT2D eigenvalue weighted by Gasteiger charge is -2.14. The molecule has 0 atom stereocenters. The average Bonchev–Trinajstić information content (AvgIpc) is 3.16. The molecule has 0 saturated heterocycles. The predicted molar refractivity (Wildman–Crippen MR) is 141 cm³/mol. The molecule has 4 aromatic rings. The van der Waals surface area contributed by atoms with Gasteiger partial charge >= 0.3 is 5.91 Å². The molecule has 0 radical (unpaired) electrons. The first-order valence-electron chi connectivity index (χ1n) is 11.0. The van der Waals surface area contributed by atoms with Crippen molar-refractivity contribution in [2.45, 2.75) is 16.8 Å². The first-order valence-corrected chi connectivity index (χ1v) is 12.9. The third kappa shape index (κ3) is 4.78. The summed E-state index contributed by atoms with van der Waals surface area (Å²) in [5.74, 6) is -0.557. The number of imidazole rings is 1. The Labute approximate surface area is 219 Å². The molecule has 4 rings (SSSR count). The molecule has 0 aliphatic heterocycles. The number of aryl methyl sites for hydroxylation is 1. The number of ether oxygens (including phenoxy) is 1. The van der Waals surface area contributed by atoms with Crippen LogP contribution in [0.1, 0.15) is 26.4 Å². The highest BCUT2D eigenvalue weighted by Crippen LogP contribution is 2.26. The number of fused-ring (bicyclic) bond motifs is 1. The molecule has 3 N–H and O–H groups in total. The summed E-state index contributed by atoms with van der Waals surface area (Å²) < 4.78 is 34.9. The number of amides is 2. The smallest absolute Gasteiger partial charge is 0.301 e. The van der Waals surface area contributed by atoms with E-state index in [4.69, 9.17) is 10.5 Å². The van der Waals surface area contributed by atoms with Gasteiger partial charge in [-0.1, -0.05) is 18.7 Å². The van der Waals surface area contributed by atoms with Crippen molar-refractivity contribution >= 4 is 45.8 Å². The normalized spacial score (nSPS) is 11.6. The number of hydrogen-bond donors (Lipinski definition) is 3. The number of carbonyl (C=O) groups excluding carboxylic acids is 2. The summed E-state index contributed by atoms with van der Waals surface area (Å²) in [5, 5.41) is 3.09. The predicted octanol–water partition coefficient (Wildman–Crippen LogP) is 2.42. The summed E-state index contributed by atoms with van der Waals surface area (Å²) in [5.41, 5.74) is 8.03. The fourth-order valence-corrected chi connectivity index (χ4v) is 5.16. The van der Waals surface area contributed by atoms with Crippen molar-refractivity contribution in [2.24, 2.45) is 5.73 Å². The topological polar surface area (TPSA) is 128 Å².